The first-order valence-corrected chi connectivity index (χ1v) is 4.18. The van der Waals surface area contributed by atoms with Gasteiger partial charge < -0.3 is 5.73 Å². The normalized spacial score (nSPS) is 10.3. The molecule has 2 rings (SSSR count). The molecule has 0 amide bonds. The van der Waals surface area contributed by atoms with Gasteiger partial charge in [-0.05, 0) is 0 Å². The van der Waals surface area contributed by atoms with Crippen molar-refractivity contribution in [1.29, 1.82) is 0 Å². The summed E-state index contributed by atoms with van der Waals surface area (Å²) in [6, 6.07) is 0. The summed E-state index contributed by atoms with van der Waals surface area (Å²) in [5.41, 5.74) is 6.01. The number of nitrogens with two attached hydrogens (primary N) is 1. The highest BCUT2D eigenvalue weighted by Crippen LogP contribution is 2.20. The number of nitrogen functional groups attached to an aromatic ring is 1. The minimum Gasteiger partial charge on any atom is -0.368 e. The molecular weight excluding hydrogens is 202 g/mol. The number of hydrogen-bond acceptors (Lipinski definition) is 4. The predicted molar refractivity (Wildman–Crippen MR) is 53.6 cm³/mol. The highest BCUT2D eigenvalue weighted by Gasteiger charge is 2.08. The van der Waals surface area contributed by atoms with Gasteiger partial charge in [0, 0.05) is 0 Å². The van der Waals surface area contributed by atoms with E-state index in [9.17, 15) is 0 Å². The van der Waals surface area contributed by atoms with E-state index in [4.69, 9.17) is 23.8 Å². The third-order valence-electron chi connectivity index (χ3n) is 1.71. The lowest BCUT2D eigenvalue weighted by molar-refractivity contribution is 0.734. The van der Waals surface area contributed by atoms with E-state index < -0.39 is 0 Å². The molecule has 14 heavy (non-hydrogen) atoms. The Morgan fingerprint density at radius 2 is 2.36 bits per heavy atom. The van der Waals surface area contributed by atoms with E-state index in [0.29, 0.717) is 17.6 Å². The average molecular weight is 208 g/mol. The molecule has 0 aromatic carbocycles. The van der Waals surface area contributed by atoms with Crippen LogP contribution in [0, 0.1) is 12.3 Å². The molecule has 2 aromatic heterocycles. The van der Waals surface area contributed by atoms with Gasteiger partial charge in [-0.25, -0.2) is 9.67 Å². The molecule has 2 heterocycles. The van der Waals surface area contributed by atoms with Crippen molar-refractivity contribution in [2.45, 2.75) is 6.54 Å². The van der Waals surface area contributed by atoms with Crippen molar-refractivity contribution in [3.05, 3.63) is 11.3 Å². The fraction of sp³-hybridized carbons (Fsp3) is 0.125. The lowest BCUT2D eigenvalue weighted by Crippen LogP contribution is -2.01. The second-order valence-corrected chi connectivity index (χ2v) is 2.97. The Bertz CT molecular complexity index is 524. The molecule has 0 saturated carbocycles. The smallest absolute Gasteiger partial charge is 0.223 e. The van der Waals surface area contributed by atoms with E-state index in [-0.39, 0.29) is 11.1 Å². The number of fused-ring (bicyclic) bond motifs is 1. The lowest BCUT2D eigenvalue weighted by atomic mass is 10.4. The van der Waals surface area contributed by atoms with Gasteiger partial charge in [0.1, 0.15) is 11.7 Å². The van der Waals surface area contributed by atoms with Crippen LogP contribution in [0.2, 0.25) is 5.15 Å². The zero-order chi connectivity index (χ0) is 10.1. The summed E-state index contributed by atoms with van der Waals surface area (Å²) >= 11 is 5.84. The van der Waals surface area contributed by atoms with E-state index in [1.165, 1.54) is 0 Å². The van der Waals surface area contributed by atoms with Crippen LogP contribution in [0.4, 0.5) is 5.95 Å². The third-order valence-corrected chi connectivity index (χ3v) is 2.00. The second-order valence-electron chi connectivity index (χ2n) is 2.62. The Morgan fingerprint density at radius 1 is 1.57 bits per heavy atom. The topological polar surface area (TPSA) is 69.6 Å². The number of anilines is 1. The highest BCUT2D eigenvalue weighted by atomic mass is 35.5. The SMILES string of the molecule is C#CCn1ncc2c(Cl)nc(N)nc21. The van der Waals surface area contributed by atoms with Crippen LogP contribution >= 0.6 is 11.6 Å². The average Bonchev–Trinajstić information content (AvgIpc) is 2.49. The molecule has 2 aromatic rings. The van der Waals surface area contributed by atoms with Crippen LogP contribution in [0.25, 0.3) is 11.0 Å². The summed E-state index contributed by atoms with van der Waals surface area (Å²) in [5, 5.41) is 4.96. The van der Waals surface area contributed by atoms with Crippen molar-refractivity contribution in [2.75, 3.05) is 5.73 Å². The van der Waals surface area contributed by atoms with E-state index in [0.717, 1.165) is 0 Å². The molecule has 0 aliphatic carbocycles. The number of nitrogens with zero attached hydrogens (tertiary/aromatic N) is 4. The molecule has 0 bridgehead atoms. The monoisotopic (exact) mass is 207 g/mol. The first-order valence-electron chi connectivity index (χ1n) is 3.80. The quantitative estimate of drug-likeness (QED) is 0.552. The Balaban J connectivity index is 2.73. The zero-order valence-electron chi connectivity index (χ0n) is 7.11. The molecule has 5 nitrogen and oxygen atoms in total. The maximum absolute atomic E-state index is 5.84. The largest absolute Gasteiger partial charge is 0.368 e. The van der Waals surface area contributed by atoms with Crippen molar-refractivity contribution in [2.24, 2.45) is 0 Å². The van der Waals surface area contributed by atoms with Gasteiger partial charge in [-0.1, -0.05) is 17.5 Å². The Hall–Kier alpha value is -1.80. The number of terminal acetylenes is 1. The number of hydrogen-bond donors (Lipinski definition) is 1. The van der Waals surface area contributed by atoms with Crippen LogP contribution in [-0.4, -0.2) is 19.7 Å². The van der Waals surface area contributed by atoms with Crippen LogP contribution in [-0.2, 0) is 6.54 Å². The van der Waals surface area contributed by atoms with Crippen LogP contribution in [0.15, 0.2) is 6.20 Å². The summed E-state index contributed by atoms with van der Waals surface area (Å²) in [7, 11) is 0. The van der Waals surface area contributed by atoms with Crippen molar-refractivity contribution in [3.8, 4) is 12.3 Å². The van der Waals surface area contributed by atoms with E-state index in [1.807, 2.05) is 0 Å². The fourth-order valence-corrected chi connectivity index (χ4v) is 1.36. The molecule has 0 aliphatic rings. The van der Waals surface area contributed by atoms with Gasteiger partial charge >= 0.3 is 0 Å². The molecule has 0 unspecified atom stereocenters. The molecule has 0 aliphatic heterocycles. The van der Waals surface area contributed by atoms with Crippen molar-refractivity contribution >= 4 is 28.6 Å². The molecule has 0 radical (unpaired) electrons. The molecule has 0 atom stereocenters. The van der Waals surface area contributed by atoms with Crippen LogP contribution < -0.4 is 5.73 Å². The minimum absolute atomic E-state index is 0.112. The Labute approximate surface area is 84.9 Å². The van der Waals surface area contributed by atoms with Gasteiger partial charge in [0.2, 0.25) is 5.95 Å². The molecule has 70 valence electrons. The summed E-state index contributed by atoms with van der Waals surface area (Å²) in [4.78, 5) is 7.80. The van der Waals surface area contributed by atoms with Gasteiger partial charge in [0.15, 0.2) is 5.65 Å². The van der Waals surface area contributed by atoms with Gasteiger partial charge in [0.05, 0.1) is 11.6 Å². The van der Waals surface area contributed by atoms with E-state index in [1.54, 1.807) is 10.9 Å². The number of aromatic nitrogens is 4. The summed E-state index contributed by atoms with van der Waals surface area (Å²) < 4.78 is 1.54. The molecule has 0 fully saturated rings. The van der Waals surface area contributed by atoms with Crippen molar-refractivity contribution in [1.82, 2.24) is 19.7 Å². The summed E-state index contributed by atoms with van der Waals surface area (Å²) in [5.74, 6) is 2.57. The molecular formula is C8H6ClN5. The van der Waals surface area contributed by atoms with Crippen molar-refractivity contribution in [3.63, 3.8) is 0 Å². The minimum atomic E-state index is 0.112. The maximum Gasteiger partial charge on any atom is 0.223 e. The van der Waals surface area contributed by atoms with Gasteiger partial charge in [-0.15, -0.1) is 6.42 Å². The van der Waals surface area contributed by atoms with Crippen molar-refractivity contribution < 1.29 is 0 Å². The molecule has 6 heteroatoms. The fourth-order valence-electron chi connectivity index (χ4n) is 1.14. The predicted octanol–water partition coefficient (Wildman–Crippen LogP) is 0.695. The maximum atomic E-state index is 5.84. The Morgan fingerprint density at radius 3 is 3.07 bits per heavy atom. The highest BCUT2D eigenvalue weighted by molar-refractivity contribution is 6.34. The first kappa shape index (κ1) is 8.78. The Kier molecular flexibility index (Phi) is 1.98. The number of halogens is 1. The van der Waals surface area contributed by atoms with Crippen LogP contribution in [0.1, 0.15) is 0 Å². The lowest BCUT2D eigenvalue weighted by Gasteiger charge is -1.98. The zero-order valence-corrected chi connectivity index (χ0v) is 7.86. The van der Waals surface area contributed by atoms with Crippen LogP contribution in [0.5, 0.6) is 0 Å². The van der Waals surface area contributed by atoms with Gasteiger partial charge in [-0.3, -0.25) is 0 Å². The standard InChI is InChI=1S/C8H6ClN5/c1-2-3-14-7-5(4-11-14)6(9)12-8(10)13-7/h1,4H,3H2,(H2,10,12,13). The third kappa shape index (κ3) is 1.26. The van der Waals surface area contributed by atoms with Gasteiger partial charge in [-0.2, -0.15) is 10.1 Å². The summed E-state index contributed by atoms with van der Waals surface area (Å²) in [6.45, 7) is 0.330. The van der Waals surface area contributed by atoms with Crippen LogP contribution in [0.3, 0.4) is 0 Å². The second kappa shape index (κ2) is 3.16. The molecule has 0 saturated heterocycles. The van der Waals surface area contributed by atoms with Gasteiger partial charge in [0.25, 0.3) is 0 Å². The molecule has 2 N–H and O–H groups in total. The summed E-state index contributed by atoms with van der Waals surface area (Å²) in [6.07, 6.45) is 6.73. The first-order chi connectivity index (χ1) is 6.72. The van der Waals surface area contributed by atoms with E-state index in [2.05, 4.69) is 21.0 Å². The van der Waals surface area contributed by atoms with E-state index >= 15 is 0 Å². The number of rotatable bonds is 1. The molecule has 0 spiro atoms.